The fourth-order valence-electron chi connectivity index (χ4n) is 2.33. The Kier molecular flexibility index (Phi) is 4.79. The molecule has 2 rings (SSSR count). The zero-order chi connectivity index (χ0) is 15.5. The molecule has 1 aromatic rings. The molecule has 1 aliphatic rings. The Morgan fingerprint density at radius 2 is 2.33 bits per heavy atom. The van der Waals surface area contributed by atoms with Gasteiger partial charge in [-0.05, 0) is 31.9 Å². The maximum absolute atomic E-state index is 12.3. The standard InChI is InChI=1S/C13H19N3O4S/c1-10(20-11-4-2-6-15-8-11)13(17)16-7-3-5-12(9-16)21(14,18)19/h2,4,6,8,10,12H,3,5,7,9H2,1H3,(H2,14,18,19). The van der Waals surface area contributed by atoms with E-state index in [1.165, 1.54) is 11.1 Å². The van der Waals surface area contributed by atoms with E-state index in [1.807, 2.05) is 0 Å². The van der Waals surface area contributed by atoms with Crippen LogP contribution in [0.1, 0.15) is 19.8 Å². The summed E-state index contributed by atoms with van der Waals surface area (Å²) in [6, 6.07) is 3.42. The van der Waals surface area contributed by atoms with Crippen LogP contribution in [-0.2, 0) is 14.8 Å². The van der Waals surface area contributed by atoms with Crippen molar-refractivity contribution in [3.05, 3.63) is 24.5 Å². The molecule has 0 radical (unpaired) electrons. The molecule has 0 saturated carbocycles. The van der Waals surface area contributed by atoms with E-state index in [0.717, 1.165) is 0 Å². The van der Waals surface area contributed by atoms with Crippen molar-refractivity contribution in [3.63, 3.8) is 0 Å². The number of nitrogens with two attached hydrogens (primary N) is 1. The molecule has 2 atom stereocenters. The fraction of sp³-hybridized carbons (Fsp3) is 0.538. The van der Waals surface area contributed by atoms with E-state index in [0.29, 0.717) is 25.1 Å². The highest BCUT2D eigenvalue weighted by atomic mass is 32.2. The van der Waals surface area contributed by atoms with E-state index in [1.54, 1.807) is 25.3 Å². The molecule has 2 unspecified atom stereocenters. The molecule has 116 valence electrons. The average molecular weight is 313 g/mol. The number of carbonyl (C=O) groups excluding carboxylic acids is 1. The van der Waals surface area contributed by atoms with Crippen molar-refractivity contribution in [3.8, 4) is 5.75 Å². The number of pyridine rings is 1. The van der Waals surface area contributed by atoms with Gasteiger partial charge in [-0.3, -0.25) is 9.78 Å². The van der Waals surface area contributed by atoms with Crippen LogP contribution in [0.3, 0.4) is 0 Å². The second-order valence-electron chi connectivity index (χ2n) is 5.09. The summed E-state index contributed by atoms with van der Waals surface area (Å²) in [7, 11) is -3.62. The van der Waals surface area contributed by atoms with Crippen molar-refractivity contribution in [1.82, 2.24) is 9.88 Å². The zero-order valence-electron chi connectivity index (χ0n) is 11.8. The number of aromatic nitrogens is 1. The Morgan fingerprint density at radius 3 is 2.95 bits per heavy atom. The Morgan fingerprint density at radius 1 is 1.57 bits per heavy atom. The molecular formula is C13H19N3O4S. The van der Waals surface area contributed by atoms with Gasteiger partial charge < -0.3 is 9.64 Å². The third-order valence-corrected chi connectivity index (χ3v) is 4.76. The van der Waals surface area contributed by atoms with E-state index in [-0.39, 0.29) is 12.5 Å². The van der Waals surface area contributed by atoms with Crippen molar-refractivity contribution in [2.75, 3.05) is 13.1 Å². The van der Waals surface area contributed by atoms with Crippen LogP contribution < -0.4 is 9.88 Å². The monoisotopic (exact) mass is 313 g/mol. The van der Waals surface area contributed by atoms with Crippen LogP contribution in [0.25, 0.3) is 0 Å². The van der Waals surface area contributed by atoms with Crippen molar-refractivity contribution in [2.24, 2.45) is 5.14 Å². The minimum atomic E-state index is -3.62. The molecule has 0 aromatic carbocycles. The van der Waals surface area contributed by atoms with Gasteiger partial charge in [0.15, 0.2) is 6.10 Å². The smallest absolute Gasteiger partial charge is 0.263 e. The minimum Gasteiger partial charge on any atom is -0.479 e. The van der Waals surface area contributed by atoms with Gasteiger partial charge in [0.05, 0.1) is 11.4 Å². The second-order valence-corrected chi connectivity index (χ2v) is 6.93. The molecule has 1 amide bonds. The number of hydrogen-bond acceptors (Lipinski definition) is 5. The molecule has 0 bridgehead atoms. The highest BCUT2D eigenvalue weighted by molar-refractivity contribution is 7.89. The Hall–Kier alpha value is -1.67. The van der Waals surface area contributed by atoms with E-state index in [9.17, 15) is 13.2 Å². The average Bonchev–Trinajstić information content (AvgIpc) is 2.46. The van der Waals surface area contributed by atoms with Gasteiger partial charge in [-0.25, -0.2) is 13.6 Å². The number of rotatable bonds is 4. The summed E-state index contributed by atoms with van der Waals surface area (Å²) in [5.41, 5.74) is 0. The number of piperidine rings is 1. The SMILES string of the molecule is CC(Oc1cccnc1)C(=O)N1CCCC(S(N)(=O)=O)C1. The number of likely N-dealkylation sites (tertiary alicyclic amines) is 1. The minimum absolute atomic E-state index is 0.123. The number of nitrogens with zero attached hydrogens (tertiary/aromatic N) is 2. The van der Waals surface area contributed by atoms with Gasteiger partial charge in [-0.1, -0.05) is 0 Å². The first-order valence-corrected chi connectivity index (χ1v) is 8.36. The quantitative estimate of drug-likeness (QED) is 0.851. The summed E-state index contributed by atoms with van der Waals surface area (Å²) in [6.45, 7) is 2.28. The predicted molar refractivity (Wildman–Crippen MR) is 77.0 cm³/mol. The van der Waals surface area contributed by atoms with Gasteiger partial charge >= 0.3 is 0 Å². The van der Waals surface area contributed by atoms with Crippen LogP contribution in [0.4, 0.5) is 0 Å². The van der Waals surface area contributed by atoms with Crippen molar-refractivity contribution >= 4 is 15.9 Å². The third kappa shape index (κ3) is 4.15. The molecule has 0 aliphatic carbocycles. The van der Waals surface area contributed by atoms with Gasteiger partial charge in [-0.15, -0.1) is 0 Å². The first-order chi connectivity index (χ1) is 9.88. The summed E-state index contributed by atoms with van der Waals surface area (Å²) in [4.78, 5) is 17.7. The summed E-state index contributed by atoms with van der Waals surface area (Å²) < 4.78 is 28.3. The lowest BCUT2D eigenvalue weighted by Gasteiger charge is -2.33. The lowest BCUT2D eigenvalue weighted by molar-refractivity contribution is -0.138. The Balaban J connectivity index is 1.99. The maximum Gasteiger partial charge on any atom is 0.263 e. The molecule has 1 fully saturated rings. The van der Waals surface area contributed by atoms with E-state index in [4.69, 9.17) is 9.88 Å². The summed E-state index contributed by atoms with van der Waals surface area (Å²) in [5, 5.41) is 4.47. The normalized spacial score (nSPS) is 20.9. The van der Waals surface area contributed by atoms with Gasteiger partial charge in [0, 0.05) is 19.3 Å². The molecule has 7 nitrogen and oxygen atoms in total. The number of hydrogen-bond donors (Lipinski definition) is 1. The Bertz CT molecular complexity index is 591. The first-order valence-electron chi connectivity index (χ1n) is 6.75. The largest absolute Gasteiger partial charge is 0.479 e. The number of ether oxygens (including phenoxy) is 1. The summed E-state index contributed by atoms with van der Waals surface area (Å²) >= 11 is 0. The number of primary sulfonamides is 1. The zero-order valence-corrected chi connectivity index (χ0v) is 12.6. The van der Waals surface area contributed by atoms with Gasteiger partial charge in [0.1, 0.15) is 5.75 Å². The molecule has 1 saturated heterocycles. The number of carbonyl (C=O) groups is 1. The van der Waals surface area contributed by atoms with Gasteiger partial charge in [-0.2, -0.15) is 0 Å². The van der Waals surface area contributed by atoms with Crippen LogP contribution >= 0.6 is 0 Å². The lowest BCUT2D eigenvalue weighted by atomic mass is 10.1. The van der Waals surface area contributed by atoms with Crippen molar-refractivity contribution in [1.29, 1.82) is 0 Å². The van der Waals surface area contributed by atoms with Gasteiger partial charge in [0.25, 0.3) is 5.91 Å². The summed E-state index contributed by atoms with van der Waals surface area (Å²) in [6.07, 6.45) is 3.54. The summed E-state index contributed by atoms with van der Waals surface area (Å²) in [5.74, 6) is 0.255. The molecule has 8 heteroatoms. The van der Waals surface area contributed by atoms with Crippen LogP contribution in [0.15, 0.2) is 24.5 Å². The van der Waals surface area contributed by atoms with Crippen LogP contribution in [0.5, 0.6) is 5.75 Å². The molecule has 2 heterocycles. The van der Waals surface area contributed by atoms with Crippen LogP contribution in [-0.4, -0.2) is 48.7 Å². The number of sulfonamides is 1. The highest BCUT2D eigenvalue weighted by Gasteiger charge is 2.32. The lowest BCUT2D eigenvalue weighted by Crippen LogP contribution is -2.50. The third-order valence-electron chi connectivity index (χ3n) is 3.45. The predicted octanol–water partition coefficient (Wildman–Crippen LogP) is 0.128. The molecule has 1 aromatic heterocycles. The molecule has 1 aliphatic heterocycles. The van der Waals surface area contributed by atoms with E-state index >= 15 is 0 Å². The molecule has 21 heavy (non-hydrogen) atoms. The molecule has 0 spiro atoms. The number of amides is 1. The Labute approximate surface area is 124 Å². The topological polar surface area (TPSA) is 103 Å². The first kappa shape index (κ1) is 15.7. The van der Waals surface area contributed by atoms with Crippen LogP contribution in [0, 0.1) is 0 Å². The van der Waals surface area contributed by atoms with E-state index < -0.39 is 21.4 Å². The maximum atomic E-state index is 12.3. The van der Waals surface area contributed by atoms with Crippen LogP contribution in [0.2, 0.25) is 0 Å². The fourth-order valence-corrected chi connectivity index (χ4v) is 3.22. The van der Waals surface area contributed by atoms with E-state index in [2.05, 4.69) is 4.98 Å². The molecular weight excluding hydrogens is 294 g/mol. The molecule has 2 N–H and O–H groups in total. The van der Waals surface area contributed by atoms with Crippen molar-refractivity contribution in [2.45, 2.75) is 31.1 Å². The van der Waals surface area contributed by atoms with Crippen molar-refractivity contribution < 1.29 is 17.9 Å². The second kappa shape index (κ2) is 6.40. The highest BCUT2D eigenvalue weighted by Crippen LogP contribution is 2.17. The van der Waals surface area contributed by atoms with Gasteiger partial charge in [0.2, 0.25) is 10.0 Å².